The van der Waals surface area contributed by atoms with Crippen molar-refractivity contribution in [2.75, 3.05) is 13.2 Å². The molecule has 18 heavy (non-hydrogen) atoms. The van der Waals surface area contributed by atoms with Crippen LogP contribution in [-0.4, -0.2) is 25.3 Å². The predicted octanol–water partition coefficient (Wildman–Crippen LogP) is 2.27. The molecule has 96 valence electrons. The monoisotopic (exact) mass is 245 g/mol. The van der Waals surface area contributed by atoms with E-state index < -0.39 is 0 Å². The van der Waals surface area contributed by atoms with Gasteiger partial charge in [0.25, 0.3) is 0 Å². The van der Waals surface area contributed by atoms with E-state index in [1.54, 1.807) is 0 Å². The third-order valence-electron chi connectivity index (χ3n) is 3.51. The lowest BCUT2D eigenvalue weighted by Crippen LogP contribution is -2.44. The molecule has 3 rings (SSSR count). The van der Waals surface area contributed by atoms with Crippen molar-refractivity contribution in [3.8, 4) is 5.75 Å². The van der Waals surface area contributed by atoms with Gasteiger partial charge in [-0.3, -0.25) is 0 Å². The van der Waals surface area contributed by atoms with Crippen LogP contribution in [0.4, 0.5) is 0 Å². The van der Waals surface area contributed by atoms with Crippen molar-refractivity contribution in [3.63, 3.8) is 0 Å². The molecule has 0 fully saturated rings. The first kappa shape index (κ1) is 11.6. The van der Waals surface area contributed by atoms with Crippen LogP contribution in [0.1, 0.15) is 18.9 Å². The first-order valence-corrected chi connectivity index (χ1v) is 6.69. The molecular weight excluding hydrogens is 226 g/mol. The summed E-state index contributed by atoms with van der Waals surface area (Å²) in [5.74, 6) is 2.07. The average Bonchev–Trinajstić information content (AvgIpc) is 3.04. The second-order valence-electron chi connectivity index (χ2n) is 4.75. The molecular formula is C15H19NO2. The zero-order chi connectivity index (χ0) is 12.4. The normalized spacial score (nSPS) is 22.9. The lowest BCUT2D eigenvalue weighted by atomic mass is 10.0. The summed E-state index contributed by atoms with van der Waals surface area (Å²) in [4.78, 5) is 0. The fourth-order valence-corrected chi connectivity index (χ4v) is 2.68. The van der Waals surface area contributed by atoms with Crippen molar-refractivity contribution < 1.29 is 9.47 Å². The van der Waals surface area contributed by atoms with Gasteiger partial charge in [-0.05, 0) is 24.3 Å². The summed E-state index contributed by atoms with van der Waals surface area (Å²) in [7, 11) is 0. The number of fused-ring (bicyclic) bond motifs is 1. The number of rotatable bonds is 4. The van der Waals surface area contributed by atoms with Gasteiger partial charge in [0, 0.05) is 12.8 Å². The van der Waals surface area contributed by atoms with Crippen LogP contribution < -0.4 is 10.1 Å². The van der Waals surface area contributed by atoms with Crippen LogP contribution in [0.2, 0.25) is 0 Å². The van der Waals surface area contributed by atoms with Gasteiger partial charge in [0.1, 0.15) is 23.7 Å². The number of ether oxygens (including phenoxy) is 2. The molecule has 3 nitrogen and oxygen atoms in total. The molecule has 0 radical (unpaired) electrons. The smallest absolute Gasteiger partial charge is 0.125 e. The molecule has 2 heterocycles. The molecule has 0 amide bonds. The van der Waals surface area contributed by atoms with Crippen molar-refractivity contribution in [1.82, 2.24) is 5.32 Å². The van der Waals surface area contributed by atoms with Crippen molar-refractivity contribution in [3.05, 3.63) is 41.7 Å². The Morgan fingerprint density at radius 2 is 2.28 bits per heavy atom. The highest BCUT2D eigenvalue weighted by Gasteiger charge is 2.33. The predicted molar refractivity (Wildman–Crippen MR) is 70.7 cm³/mol. The van der Waals surface area contributed by atoms with Crippen LogP contribution in [0.3, 0.4) is 0 Å². The number of likely N-dealkylation sites (N-methyl/N-ethyl adjacent to an activating group) is 1. The zero-order valence-corrected chi connectivity index (χ0v) is 10.7. The van der Waals surface area contributed by atoms with E-state index in [0.717, 1.165) is 37.5 Å². The van der Waals surface area contributed by atoms with E-state index in [2.05, 4.69) is 30.4 Å². The summed E-state index contributed by atoms with van der Waals surface area (Å²) in [5, 5.41) is 3.48. The van der Waals surface area contributed by atoms with Gasteiger partial charge >= 0.3 is 0 Å². The molecule has 1 aromatic rings. The lowest BCUT2D eigenvalue weighted by molar-refractivity contribution is 0.140. The number of para-hydroxylation sites is 1. The summed E-state index contributed by atoms with van der Waals surface area (Å²) < 4.78 is 11.7. The Labute approximate surface area is 108 Å². The van der Waals surface area contributed by atoms with Gasteiger partial charge in [-0.1, -0.05) is 25.1 Å². The zero-order valence-electron chi connectivity index (χ0n) is 10.7. The van der Waals surface area contributed by atoms with Crippen LogP contribution in [0, 0.1) is 0 Å². The first-order chi connectivity index (χ1) is 8.88. The molecule has 0 saturated carbocycles. The van der Waals surface area contributed by atoms with Gasteiger partial charge in [0.2, 0.25) is 0 Å². The Kier molecular flexibility index (Phi) is 3.24. The van der Waals surface area contributed by atoms with Gasteiger partial charge in [-0.25, -0.2) is 0 Å². The van der Waals surface area contributed by atoms with E-state index in [9.17, 15) is 0 Å². The number of nitrogens with one attached hydrogen (secondary N) is 1. The standard InChI is InChI=1S/C15H19NO2/c1-2-16-15(13-8-5-9-17-13)14-10-11-6-3-4-7-12(11)18-14/h3-4,6-8,14-16H,2,5,9-10H2,1H3. The molecule has 2 aliphatic heterocycles. The molecule has 3 heteroatoms. The molecule has 0 bridgehead atoms. The average molecular weight is 245 g/mol. The molecule has 2 atom stereocenters. The largest absolute Gasteiger partial charge is 0.496 e. The molecule has 0 spiro atoms. The minimum absolute atomic E-state index is 0.145. The second kappa shape index (κ2) is 5.02. The van der Waals surface area contributed by atoms with E-state index in [1.165, 1.54) is 5.56 Å². The van der Waals surface area contributed by atoms with E-state index in [0.29, 0.717) is 0 Å². The molecule has 0 aliphatic carbocycles. The maximum atomic E-state index is 6.05. The fourth-order valence-electron chi connectivity index (χ4n) is 2.68. The molecule has 2 aliphatic rings. The van der Waals surface area contributed by atoms with Crippen molar-refractivity contribution in [2.24, 2.45) is 0 Å². The Balaban J connectivity index is 1.77. The highest BCUT2D eigenvalue weighted by Crippen LogP contribution is 2.32. The quantitative estimate of drug-likeness (QED) is 0.882. The van der Waals surface area contributed by atoms with Crippen molar-refractivity contribution in [1.29, 1.82) is 0 Å². The maximum absolute atomic E-state index is 6.05. The van der Waals surface area contributed by atoms with Crippen LogP contribution in [0.5, 0.6) is 5.75 Å². The van der Waals surface area contributed by atoms with Crippen LogP contribution in [0.25, 0.3) is 0 Å². The third kappa shape index (κ3) is 2.10. The van der Waals surface area contributed by atoms with E-state index in [-0.39, 0.29) is 12.1 Å². The topological polar surface area (TPSA) is 30.5 Å². The highest BCUT2D eigenvalue weighted by molar-refractivity contribution is 5.38. The van der Waals surface area contributed by atoms with Gasteiger partial charge in [-0.2, -0.15) is 0 Å². The summed E-state index contributed by atoms with van der Waals surface area (Å²) in [6, 6.07) is 8.45. The number of benzene rings is 1. The van der Waals surface area contributed by atoms with Gasteiger partial charge in [0.15, 0.2) is 0 Å². The highest BCUT2D eigenvalue weighted by atomic mass is 16.5. The van der Waals surface area contributed by atoms with Crippen LogP contribution in [0.15, 0.2) is 36.1 Å². The SMILES string of the molecule is CCNC(C1=CCCO1)C1Cc2ccccc2O1. The Morgan fingerprint density at radius 1 is 1.39 bits per heavy atom. The summed E-state index contributed by atoms with van der Waals surface area (Å²) in [6.07, 6.45) is 4.29. The van der Waals surface area contributed by atoms with Crippen molar-refractivity contribution in [2.45, 2.75) is 31.9 Å². The molecule has 0 aromatic heterocycles. The Morgan fingerprint density at radius 3 is 3.00 bits per heavy atom. The van der Waals surface area contributed by atoms with E-state index in [4.69, 9.17) is 9.47 Å². The van der Waals surface area contributed by atoms with Crippen LogP contribution >= 0.6 is 0 Å². The van der Waals surface area contributed by atoms with Crippen LogP contribution in [-0.2, 0) is 11.2 Å². The minimum Gasteiger partial charge on any atom is -0.496 e. The van der Waals surface area contributed by atoms with Gasteiger partial charge in [-0.15, -0.1) is 0 Å². The van der Waals surface area contributed by atoms with Gasteiger partial charge < -0.3 is 14.8 Å². The number of hydrogen-bond acceptors (Lipinski definition) is 3. The molecule has 1 aromatic carbocycles. The molecule has 2 unspecified atom stereocenters. The fraction of sp³-hybridized carbons (Fsp3) is 0.467. The first-order valence-electron chi connectivity index (χ1n) is 6.69. The summed E-state index contributed by atoms with van der Waals surface area (Å²) in [5.41, 5.74) is 1.30. The third-order valence-corrected chi connectivity index (χ3v) is 3.51. The van der Waals surface area contributed by atoms with Crippen molar-refractivity contribution >= 4 is 0 Å². The number of hydrogen-bond donors (Lipinski definition) is 1. The molecule has 1 N–H and O–H groups in total. The molecule has 0 saturated heterocycles. The van der Waals surface area contributed by atoms with E-state index >= 15 is 0 Å². The van der Waals surface area contributed by atoms with Gasteiger partial charge in [0.05, 0.1) is 6.61 Å². The second-order valence-corrected chi connectivity index (χ2v) is 4.75. The minimum atomic E-state index is 0.145. The Hall–Kier alpha value is -1.48. The summed E-state index contributed by atoms with van der Waals surface area (Å²) >= 11 is 0. The summed E-state index contributed by atoms with van der Waals surface area (Å²) in [6.45, 7) is 3.84. The lowest BCUT2D eigenvalue weighted by Gasteiger charge is -2.24. The maximum Gasteiger partial charge on any atom is 0.125 e. The van der Waals surface area contributed by atoms with E-state index in [1.807, 2.05) is 12.1 Å². The Bertz CT molecular complexity index is 431.